The molecule has 1 saturated heterocycles. The second kappa shape index (κ2) is 7.82. The lowest BCUT2D eigenvalue weighted by molar-refractivity contribution is -0.127. The van der Waals surface area contributed by atoms with E-state index in [2.05, 4.69) is 4.98 Å². The zero-order valence-electron chi connectivity index (χ0n) is 15.3. The normalized spacial score (nSPS) is 16.7. The van der Waals surface area contributed by atoms with E-state index in [4.69, 9.17) is 4.74 Å². The standard InChI is InChI=1S/C21H19N3O3S/c1-15-20(25)23(21(26)24(15)17-8-4-2-5-9-17)12-16-14-28-19(22-16)13-27-18-10-6-3-7-11-18/h2-11,14-15H,12-13H2,1H3/t15-/m0/s1. The van der Waals surface area contributed by atoms with Crippen LogP contribution in [0.15, 0.2) is 66.0 Å². The van der Waals surface area contributed by atoms with Gasteiger partial charge in [0.1, 0.15) is 23.4 Å². The third-order valence-corrected chi connectivity index (χ3v) is 5.38. The zero-order valence-corrected chi connectivity index (χ0v) is 16.1. The van der Waals surface area contributed by atoms with Crippen molar-refractivity contribution in [2.24, 2.45) is 0 Å². The molecule has 1 aliphatic rings. The molecule has 3 amide bonds. The van der Waals surface area contributed by atoms with Gasteiger partial charge in [-0.25, -0.2) is 9.78 Å². The van der Waals surface area contributed by atoms with Crippen LogP contribution in [0.5, 0.6) is 5.75 Å². The van der Waals surface area contributed by atoms with Gasteiger partial charge in [-0.05, 0) is 31.2 Å². The highest BCUT2D eigenvalue weighted by Crippen LogP contribution is 2.27. The Hall–Kier alpha value is -3.19. The molecule has 6 nitrogen and oxygen atoms in total. The SMILES string of the molecule is C[C@H]1C(=O)N(Cc2csc(COc3ccccc3)n2)C(=O)N1c1ccccc1. The Balaban J connectivity index is 1.43. The number of carbonyl (C=O) groups is 2. The quantitative estimate of drug-likeness (QED) is 0.592. The molecule has 0 bridgehead atoms. The number of carbonyl (C=O) groups excluding carboxylic acids is 2. The number of hydrogen-bond acceptors (Lipinski definition) is 5. The minimum absolute atomic E-state index is 0.160. The lowest BCUT2D eigenvalue weighted by Gasteiger charge is -2.19. The predicted molar refractivity (Wildman–Crippen MR) is 107 cm³/mol. The number of amides is 3. The van der Waals surface area contributed by atoms with Crippen molar-refractivity contribution in [1.82, 2.24) is 9.88 Å². The van der Waals surface area contributed by atoms with E-state index < -0.39 is 6.04 Å². The summed E-state index contributed by atoms with van der Waals surface area (Å²) in [5, 5.41) is 2.66. The third kappa shape index (κ3) is 3.61. The van der Waals surface area contributed by atoms with Crippen LogP contribution in [0.4, 0.5) is 10.5 Å². The van der Waals surface area contributed by atoms with Crippen molar-refractivity contribution in [3.63, 3.8) is 0 Å². The third-order valence-electron chi connectivity index (χ3n) is 4.51. The molecule has 2 aromatic carbocycles. The van der Waals surface area contributed by atoms with Gasteiger partial charge in [-0.2, -0.15) is 0 Å². The number of nitrogens with zero attached hydrogens (tertiary/aromatic N) is 3. The van der Waals surface area contributed by atoms with Gasteiger partial charge < -0.3 is 4.74 Å². The van der Waals surface area contributed by atoms with Gasteiger partial charge in [0.2, 0.25) is 0 Å². The fourth-order valence-electron chi connectivity index (χ4n) is 3.11. The van der Waals surface area contributed by atoms with Crippen LogP contribution in [-0.2, 0) is 17.9 Å². The molecule has 142 valence electrons. The molecule has 0 aliphatic carbocycles. The number of benzene rings is 2. The number of anilines is 1. The molecule has 1 fully saturated rings. The number of hydrogen-bond donors (Lipinski definition) is 0. The molecule has 1 aromatic heterocycles. The number of para-hydroxylation sites is 2. The summed E-state index contributed by atoms with van der Waals surface area (Å²) < 4.78 is 5.70. The first kappa shape index (κ1) is 18.2. The second-order valence-corrected chi connectivity index (χ2v) is 7.37. The van der Waals surface area contributed by atoms with Crippen molar-refractivity contribution in [3.05, 3.63) is 76.7 Å². The first-order chi connectivity index (χ1) is 13.6. The highest BCUT2D eigenvalue weighted by atomic mass is 32.1. The van der Waals surface area contributed by atoms with Gasteiger partial charge in [-0.1, -0.05) is 36.4 Å². The van der Waals surface area contributed by atoms with Gasteiger partial charge in [0.15, 0.2) is 0 Å². The van der Waals surface area contributed by atoms with E-state index in [1.54, 1.807) is 6.92 Å². The van der Waals surface area contributed by atoms with Gasteiger partial charge in [-0.3, -0.25) is 14.6 Å². The van der Waals surface area contributed by atoms with Crippen LogP contribution in [0.1, 0.15) is 17.6 Å². The topological polar surface area (TPSA) is 62.7 Å². The Morgan fingerprint density at radius 1 is 1.04 bits per heavy atom. The molecular formula is C21H19N3O3S. The summed E-state index contributed by atoms with van der Waals surface area (Å²) in [4.78, 5) is 32.8. The Bertz CT molecular complexity index is 975. The van der Waals surface area contributed by atoms with Crippen molar-refractivity contribution in [2.45, 2.75) is 26.1 Å². The summed E-state index contributed by atoms with van der Waals surface area (Å²) in [5.41, 5.74) is 1.39. The Morgan fingerprint density at radius 2 is 1.71 bits per heavy atom. The fourth-order valence-corrected chi connectivity index (χ4v) is 3.80. The molecule has 7 heteroatoms. The van der Waals surface area contributed by atoms with E-state index in [0.29, 0.717) is 18.0 Å². The summed E-state index contributed by atoms with van der Waals surface area (Å²) in [6, 6.07) is 17.9. The average molecular weight is 393 g/mol. The van der Waals surface area contributed by atoms with Gasteiger partial charge in [-0.15, -0.1) is 11.3 Å². The number of aromatic nitrogens is 1. The highest BCUT2D eigenvalue weighted by molar-refractivity contribution is 7.09. The zero-order chi connectivity index (χ0) is 19.5. The molecule has 0 spiro atoms. The molecule has 2 heterocycles. The molecule has 4 rings (SSSR count). The minimum Gasteiger partial charge on any atom is -0.486 e. The van der Waals surface area contributed by atoms with Gasteiger partial charge in [0, 0.05) is 11.1 Å². The van der Waals surface area contributed by atoms with Gasteiger partial charge >= 0.3 is 6.03 Å². The average Bonchev–Trinajstić information content (AvgIpc) is 3.26. The highest BCUT2D eigenvalue weighted by Gasteiger charge is 2.43. The largest absolute Gasteiger partial charge is 0.486 e. The van der Waals surface area contributed by atoms with Crippen LogP contribution >= 0.6 is 11.3 Å². The summed E-state index contributed by atoms with van der Waals surface area (Å²) in [5.74, 6) is 0.556. The molecule has 28 heavy (non-hydrogen) atoms. The Morgan fingerprint density at radius 3 is 2.43 bits per heavy atom. The lowest BCUT2D eigenvalue weighted by atomic mass is 10.2. The summed E-state index contributed by atoms with van der Waals surface area (Å²) in [6.45, 7) is 2.25. The van der Waals surface area contributed by atoms with E-state index in [9.17, 15) is 9.59 Å². The maximum atomic E-state index is 12.8. The fraction of sp³-hybridized carbons (Fsp3) is 0.190. The predicted octanol–water partition coefficient (Wildman–Crippen LogP) is 4.08. The molecule has 1 aliphatic heterocycles. The monoisotopic (exact) mass is 393 g/mol. The number of ether oxygens (including phenoxy) is 1. The molecular weight excluding hydrogens is 374 g/mol. The number of imide groups is 1. The number of rotatable bonds is 6. The molecule has 0 radical (unpaired) electrons. The van der Waals surface area contributed by atoms with Crippen LogP contribution in [0.3, 0.4) is 0 Å². The minimum atomic E-state index is -0.533. The second-order valence-electron chi connectivity index (χ2n) is 6.42. The summed E-state index contributed by atoms with van der Waals surface area (Å²) in [7, 11) is 0. The van der Waals surface area contributed by atoms with E-state index in [1.807, 2.05) is 66.0 Å². The van der Waals surface area contributed by atoms with Crippen LogP contribution < -0.4 is 9.64 Å². The maximum absolute atomic E-state index is 12.8. The van der Waals surface area contributed by atoms with Crippen LogP contribution in [0.25, 0.3) is 0 Å². The molecule has 0 saturated carbocycles. The van der Waals surface area contributed by atoms with Crippen molar-refractivity contribution >= 4 is 29.0 Å². The first-order valence-electron chi connectivity index (χ1n) is 8.94. The number of urea groups is 1. The van der Waals surface area contributed by atoms with Crippen molar-refractivity contribution in [1.29, 1.82) is 0 Å². The molecule has 0 unspecified atom stereocenters. The van der Waals surface area contributed by atoms with Gasteiger partial charge in [0.25, 0.3) is 5.91 Å². The lowest BCUT2D eigenvalue weighted by Crippen LogP contribution is -2.33. The first-order valence-corrected chi connectivity index (χ1v) is 9.82. The molecule has 0 N–H and O–H groups in total. The maximum Gasteiger partial charge on any atom is 0.332 e. The van der Waals surface area contributed by atoms with Crippen LogP contribution in [0, 0.1) is 0 Å². The van der Waals surface area contributed by atoms with Crippen LogP contribution in [0.2, 0.25) is 0 Å². The summed E-state index contributed by atoms with van der Waals surface area (Å²) >= 11 is 1.45. The van der Waals surface area contributed by atoms with E-state index in [0.717, 1.165) is 10.8 Å². The Kier molecular flexibility index (Phi) is 5.08. The van der Waals surface area contributed by atoms with Crippen LogP contribution in [-0.4, -0.2) is 27.9 Å². The van der Waals surface area contributed by atoms with E-state index in [1.165, 1.54) is 21.1 Å². The van der Waals surface area contributed by atoms with Crippen molar-refractivity contribution in [2.75, 3.05) is 4.90 Å². The van der Waals surface area contributed by atoms with Crippen molar-refractivity contribution in [3.8, 4) is 5.75 Å². The molecule has 1 atom stereocenters. The van der Waals surface area contributed by atoms with E-state index in [-0.39, 0.29) is 18.5 Å². The van der Waals surface area contributed by atoms with Gasteiger partial charge in [0.05, 0.1) is 12.2 Å². The molecule has 3 aromatic rings. The van der Waals surface area contributed by atoms with Crippen molar-refractivity contribution < 1.29 is 14.3 Å². The Labute approximate surface area is 167 Å². The summed E-state index contributed by atoms with van der Waals surface area (Å²) in [6.07, 6.45) is 0. The smallest absolute Gasteiger partial charge is 0.332 e. The van der Waals surface area contributed by atoms with E-state index >= 15 is 0 Å². The number of thiazole rings is 1.